The molecule has 0 aromatic heterocycles. The summed E-state index contributed by atoms with van der Waals surface area (Å²) >= 11 is 13.5. The van der Waals surface area contributed by atoms with Crippen LogP contribution in [-0.4, -0.2) is 42.2 Å². The van der Waals surface area contributed by atoms with E-state index in [1.54, 1.807) is 53.4 Å². The highest BCUT2D eigenvalue weighted by atomic mass is 35.5. The fraction of sp³-hybridized carbons (Fsp3) is 0.207. The van der Waals surface area contributed by atoms with Crippen molar-refractivity contribution >= 4 is 63.8 Å². The van der Waals surface area contributed by atoms with Crippen molar-refractivity contribution in [2.75, 3.05) is 20.3 Å². The van der Waals surface area contributed by atoms with Gasteiger partial charge in [-0.2, -0.15) is 0 Å². The van der Waals surface area contributed by atoms with E-state index < -0.39 is 5.97 Å². The van der Waals surface area contributed by atoms with E-state index in [-0.39, 0.29) is 12.5 Å². The molecule has 0 spiro atoms. The number of ether oxygens (including phenoxy) is 3. The standard InChI is InChI=1S/C29H26Cl2N2O5S/c1-4-33-27(34)26(39-29(33)32-22-8-6-7-19(15-22)28(35)36-3)14-18-9-12-24(25(13-18)37-5-2)38-17-20-10-11-21(30)16-23(20)31/h6-16H,4-5,17H2,1-3H3. The summed E-state index contributed by atoms with van der Waals surface area (Å²) in [4.78, 5) is 31.8. The van der Waals surface area contributed by atoms with Crippen LogP contribution in [0, 0.1) is 0 Å². The Hall–Kier alpha value is -3.46. The first kappa shape index (κ1) is 28.5. The molecule has 0 aliphatic carbocycles. The molecule has 39 heavy (non-hydrogen) atoms. The minimum atomic E-state index is -0.450. The molecular weight excluding hydrogens is 559 g/mol. The number of hydrogen-bond acceptors (Lipinski definition) is 7. The summed E-state index contributed by atoms with van der Waals surface area (Å²) in [6, 6.07) is 17.5. The molecular formula is C29H26Cl2N2O5S. The number of methoxy groups -OCH3 is 1. The molecule has 1 heterocycles. The van der Waals surface area contributed by atoms with Gasteiger partial charge in [0, 0.05) is 22.2 Å². The second-order valence-corrected chi connectivity index (χ2v) is 10.1. The van der Waals surface area contributed by atoms with Gasteiger partial charge in [0.25, 0.3) is 5.91 Å². The second kappa shape index (κ2) is 13.1. The maximum absolute atomic E-state index is 13.2. The van der Waals surface area contributed by atoms with Crippen LogP contribution in [0.15, 0.2) is 70.6 Å². The zero-order valence-corrected chi connectivity index (χ0v) is 23.9. The molecule has 0 atom stereocenters. The Kier molecular flexibility index (Phi) is 9.56. The maximum Gasteiger partial charge on any atom is 0.337 e. The molecule has 4 rings (SSSR count). The van der Waals surface area contributed by atoms with Gasteiger partial charge in [-0.05, 0) is 79.7 Å². The summed E-state index contributed by atoms with van der Waals surface area (Å²) in [6.07, 6.45) is 1.80. The highest BCUT2D eigenvalue weighted by Crippen LogP contribution is 2.36. The molecule has 3 aromatic rings. The van der Waals surface area contributed by atoms with Crippen molar-refractivity contribution < 1.29 is 23.8 Å². The number of nitrogens with zero attached hydrogens (tertiary/aromatic N) is 2. The van der Waals surface area contributed by atoms with Gasteiger partial charge in [-0.3, -0.25) is 9.69 Å². The van der Waals surface area contributed by atoms with E-state index in [0.29, 0.717) is 56.0 Å². The molecule has 10 heteroatoms. The van der Waals surface area contributed by atoms with Crippen molar-refractivity contribution in [3.8, 4) is 11.5 Å². The molecule has 7 nitrogen and oxygen atoms in total. The van der Waals surface area contributed by atoms with E-state index in [1.165, 1.54) is 18.9 Å². The van der Waals surface area contributed by atoms with Crippen molar-refractivity contribution in [2.45, 2.75) is 20.5 Å². The highest BCUT2D eigenvalue weighted by molar-refractivity contribution is 8.18. The Balaban J connectivity index is 1.57. The van der Waals surface area contributed by atoms with Crippen LogP contribution in [0.5, 0.6) is 11.5 Å². The summed E-state index contributed by atoms with van der Waals surface area (Å²) in [7, 11) is 1.33. The van der Waals surface area contributed by atoms with Crippen LogP contribution in [0.2, 0.25) is 10.0 Å². The number of likely N-dealkylation sites (N-methyl/N-ethyl adjacent to an activating group) is 1. The third kappa shape index (κ3) is 6.95. The third-order valence-electron chi connectivity index (χ3n) is 5.66. The van der Waals surface area contributed by atoms with Crippen LogP contribution in [-0.2, 0) is 16.1 Å². The summed E-state index contributed by atoms with van der Waals surface area (Å²) < 4.78 is 16.6. The molecule has 1 aliphatic rings. The van der Waals surface area contributed by atoms with E-state index in [4.69, 9.17) is 37.4 Å². The number of hydrogen-bond donors (Lipinski definition) is 0. The largest absolute Gasteiger partial charge is 0.490 e. The molecule has 1 saturated heterocycles. The fourth-order valence-corrected chi connectivity index (χ4v) is 5.27. The lowest BCUT2D eigenvalue weighted by Gasteiger charge is -2.13. The van der Waals surface area contributed by atoms with Crippen LogP contribution in [0.3, 0.4) is 0 Å². The first-order chi connectivity index (χ1) is 18.8. The monoisotopic (exact) mass is 584 g/mol. The van der Waals surface area contributed by atoms with E-state index in [1.807, 2.05) is 32.0 Å². The van der Waals surface area contributed by atoms with E-state index in [2.05, 4.69) is 4.99 Å². The molecule has 202 valence electrons. The number of carbonyl (C=O) groups excluding carboxylic acids is 2. The molecule has 1 amide bonds. The van der Waals surface area contributed by atoms with Crippen molar-refractivity contribution in [2.24, 2.45) is 4.99 Å². The number of aliphatic imine (C=N–C) groups is 1. The van der Waals surface area contributed by atoms with Gasteiger partial charge in [-0.15, -0.1) is 0 Å². The maximum atomic E-state index is 13.2. The second-order valence-electron chi connectivity index (χ2n) is 8.26. The Morgan fingerprint density at radius 2 is 1.85 bits per heavy atom. The van der Waals surface area contributed by atoms with Crippen molar-refractivity contribution in [3.63, 3.8) is 0 Å². The van der Waals surface area contributed by atoms with Gasteiger partial charge in [-0.1, -0.05) is 41.4 Å². The minimum absolute atomic E-state index is 0.152. The van der Waals surface area contributed by atoms with Crippen LogP contribution in [0.4, 0.5) is 5.69 Å². The topological polar surface area (TPSA) is 77.4 Å². The zero-order chi connectivity index (χ0) is 27.9. The molecule has 3 aromatic carbocycles. The van der Waals surface area contributed by atoms with Crippen LogP contribution < -0.4 is 9.47 Å². The van der Waals surface area contributed by atoms with E-state index >= 15 is 0 Å². The Morgan fingerprint density at radius 3 is 2.56 bits per heavy atom. The molecule has 0 unspecified atom stereocenters. The van der Waals surface area contributed by atoms with Gasteiger partial charge < -0.3 is 14.2 Å². The summed E-state index contributed by atoms with van der Waals surface area (Å²) in [5, 5.41) is 1.61. The lowest BCUT2D eigenvalue weighted by molar-refractivity contribution is -0.122. The van der Waals surface area contributed by atoms with Gasteiger partial charge in [0.05, 0.1) is 29.9 Å². The van der Waals surface area contributed by atoms with Gasteiger partial charge >= 0.3 is 5.97 Å². The lowest BCUT2D eigenvalue weighted by Crippen LogP contribution is -2.28. The van der Waals surface area contributed by atoms with Crippen LogP contribution >= 0.6 is 35.0 Å². The van der Waals surface area contributed by atoms with Gasteiger partial charge in [0.15, 0.2) is 16.7 Å². The molecule has 0 radical (unpaired) electrons. The first-order valence-corrected chi connectivity index (χ1v) is 13.7. The Morgan fingerprint density at radius 1 is 1.03 bits per heavy atom. The third-order valence-corrected chi connectivity index (χ3v) is 7.25. The average Bonchev–Trinajstić information content (AvgIpc) is 3.22. The van der Waals surface area contributed by atoms with E-state index in [9.17, 15) is 9.59 Å². The minimum Gasteiger partial charge on any atom is -0.490 e. The molecule has 0 saturated carbocycles. The molecule has 0 bridgehead atoms. The normalized spacial score (nSPS) is 15.2. The average molecular weight is 586 g/mol. The molecule has 1 aliphatic heterocycles. The van der Waals surface area contributed by atoms with Crippen LogP contribution in [0.1, 0.15) is 35.3 Å². The number of amidine groups is 1. The van der Waals surface area contributed by atoms with Gasteiger partial charge in [0.1, 0.15) is 6.61 Å². The number of halogens is 2. The van der Waals surface area contributed by atoms with Crippen LogP contribution in [0.25, 0.3) is 6.08 Å². The fourth-order valence-electron chi connectivity index (χ4n) is 3.75. The number of thioether (sulfide) groups is 1. The molecule has 1 fully saturated rings. The first-order valence-electron chi connectivity index (χ1n) is 12.1. The molecule has 0 N–H and O–H groups in total. The van der Waals surface area contributed by atoms with Gasteiger partial charge in [-0.25, -0.2) is 9.79 Å². The predicted molar refractivity (Wildman–Crippen MR) is 156 cm³/mol. The summed E-state index contributed by atoms with van der Waals surface area (Å²) in [6.45, 7) is 4.90. The zero-order valence-electron chi connectivity index (χ0n) is 21.6. The summed E-state index contributed by atoms with van der Waals surface area (Å²) in [5.41, 5.74) is 2.51. The predicted octanol–water partition coefficient (Wildman–Crippen LogP) is 7.38. The van der Waals surface area contributed by atoms with Crippen molar-refractivity contribution in [1.29, 1.82) is 0 Å². The number of rotatable bonds is 9. The number of amides is 1. The van der Waals surface area contributed by atoms with Crippen molar-refractivity contribution in [1.82, 2.24) is 4.90 Å². The number of esters is 1. The summed E-state index contributed by atoms with van der Waals surface area (Å²) in [5.74, 6) is 0.501. The number of benzene rings is 3. The van der Waals surface area contributed by atoms with E-state index in [0.717, 1.165) is 11.1 Å². The Bertz CT molecular complexity index is 1460. The number of carbonyl (C=O) groups is 2. The Labute approximate surface area is 241 Å². The van der Waals surface area contributed by atoms with Gasteiger partial charge in [0.2, 0.25) is 0 Å². The SMILES string of the molecule is CCOc1cc(C=C2SC(=Nc3cccc(C(=O)OC)c3)N(CC)C2=O)ccc1OCc1ccc(Cl)cc1Cl. The smallest absolute Gasteiger partial charge is 0.337 e. The quantitative estimate of drug-likeness (QED) is 0.193. The highest BCUT2D eigenvalue weighted by Gasteiger charge is 2.32. The lowest BCUT2D eigenvalue weighted by atomic mass is 10.1. The van der Waals surface area contributed by atoms with Crippen molar-refractivity contribution in [3.05, 3.63) is 92.3 Å².